The van der Waals surface area contributed by atoms with Gasteiger partial charge in [0.2, 0.25) is 5.91 Å². The molecular weight excluding hydrogens is 330 g/mol. The molecule has 0 saturated carbocycles. The maximum Gasteiger partial charge on any atom is 0.230 e. The maximum absolute atomic E-state index is 12.0. The van der Waals surface area contributed by atoms with Crippen LogP contribution in [0.2, 0.25) is 0 Å². The van der Waals surface area contributed by atoms with E-state index in [0.717, 1.165) is 17.7 Å². The lowest BCUT2D eigenvalue weighted by atomic mass is 10.0. The zero-order valence-corrected chi connectivity index (χ0v) is 15.0. The van der Waals surface area contributed by atoms with Crippen molar-refractivity contribution in [1.82, 2.24) is 4.98 Å². The first-order valence-electron chi connectivity index (χ1n) is 7.69. The largest absolute Gasteiger partial charge is 0.327 e. The number of carbonyl (C=O) groups is 1. The summed E-state index contributed by atoms with van der Waals surface area (Å²) in [5.74, 6) is -0.308. The van der Waals surface area contributed by atoms with Gasteiger partial charge in [0.15, 0.2) is 5.13 Å². The van der Waals surface area contributed by atoms with Gasteiger partial charge in [0.25, 0.3) is 0 Å². The van der Waals surface area contributed by atoms with Gasteiger partial charge in [0, 0.05) is 17.0 Å². The Balaban J connectivity index is 0.00000192. The first kappa shape index (κ1) is 17.9. The molecule has 0 radical (unpaired) electrons. The molecule has 2 atom stereocenters. The van der Waals surface area contributed by atoms with E-state index in [9.17, 15) is 4.79 Å². The number of aryl methyl sites for hydroxylation is 2. The average molecular weight is 352 g/mol. The van der Waals surface area contributed by atoms with Crippen molar-refractivity contribution in [3.8, 4) is 11.3 Å². The van der Waals surface area contributed by atoms with Crippen LogP contribution in [0.4, 0.5) is 5.13 Å². The lowest BCUT2D eigenvalue weighted by Gasteiger charge is -2.13. The molecule has 124 valence electrons. The van der Waals surface area contributed by atoms with Crippen molar-refractivity contribution in [3.05, 3.63) is 34.7 Å². The lowest BCUT2D eigenvalue weighted by Crippen LogP contribution is -2.34. The molecule has 3 N–H and O–H groups in total. The fourth-order valence-corrected chi connectivity index (χ4v) is 3.38. The van der Waals surface area contributed by atoms with Crippen LogP contribution in [0.1, 0.15) is 31.4 Å². The smallest absolute Gasteiger partial charge is 0.230 e. The van der Waals surface area contributed by atoms with Crippen molar-refractivity contribution >= 4 is 34.8 Å². The highest BCUT2D eigenvalue weighted by Gasteiger charge is 2.18. The van der Waals surface area contributed by atoms with Gasteiger partial charge in [-0.2, -0.15) is 0 Å². The summed E-state index contributed by atoms with van der Waals surface area (Å²) in [7, 11) is 0. The molecule has 23 heavy (non-hydrogen) atoms. The van der Waals surface area contributed by atoms with Crippen molar-refractivity contribution in [2.24, 2.45) is 11.7 Å². The van der Waals surface area contributed by atoms with E-state index in [1.165, 1.54) is 35.3 Å². The molecule has 2 unspecified atom stereocenters. The SMILES string of the molecule is CC(N)C(C)C(=O)Nc1nc(-c2ccc3c(c2)CCC3)cs1.Cl. The van der Waals surface area contributed by atoms with Crippen LogP contribution < -0.4 is 11.1 Å². The molecule has 0 spiro atoms. The Bertz CT molecular complexity index is 699. The Labute approximate surface area is 146 Å². The van der Waals surface area contributed by atoms with Crippen LogP contribution in [0.5, 0.6) is 0 Å². The molecule has 3 rings (SSSR count). The van der Waals surface area contributed by atoms with E-state index in [4.69, 9.17) is 5.73 Å². The highest BCUT2D eigenvalue weighted by Crippen LogP contribution is 2.30. The zero-order chi connectivity index (χ0) is 15.7. The molecule has 0 bridgehead atoms. The van der Waals surface area contributed by atoms with Crippen molar-refractivity contribution in [2.75, 3.05) is 5.32 Å². The molecule has 2 aromatic rings. The molecule has 6 heteroatoms. The third kappa shape index (κ3) is 3.91. The standard InChI is InChI=1S/C17H21N3OS.ClH/c1-10(11(2)18)16(21)20-17-19-15(9-22-17)14-7-6-12-4-3-5-13(12)8-14;/h6-11H,3-5,18H2,1-2H3,(H,19,20,21);1H. The van der Waals surface area contributed by atoms with Gasteiger partial charge in [-0.3, -0.25) is 4.79 Å². The number of nitrogens with zero attached hydrogens (tertiary/aromatic N) is 1. The van der Waals surface area contributed by atoms with Crippen LogP contribution in [-0.2, 0) is 17.6 Å². The van der Waals surface area contributed by atoms with Crippen LogP contribution in [0, 0.1) is 5.92 Å². The van der Waals surface area contributed by atoms with E-state index in [-0.39, 0.29) is 30.3 Å². The highest BCUT2D eigenvalue weighted by atomic mass is 35.5. The Hall–Kier alpha value is -1.43. The number of nitrogens with two attached hydrogens (primary N) is 1. The normalized spacial score (nSPS) is 15.4. The minimum Gasteiger partial charge on any atom is -0.327 e. The van der Waals surface area contributed by atoms with Crippen molar-refractivity contribution in [3.63, 3.8) is 0 Å². The molecule has 1 aliphatic rings. The fourth-order valence-electron chi connectivity index (χ4n) is 2.65. The molecule has 1 heterocycles. The first-order chi connectivity index (χ1) is 10.5. The van der Waals surface area contributed by atoms with Gasteiger partial charge in [0.05, 0.1) is 11.6 Å². The maximum atomic E-state index is 12.0. The molecule has 0 saturated heterocycles. The number of amides is 1. The second-order valence-electron chi connectivity index (χ2n) is 6.01. The number of thiazole rings is 1. The van der Waals surface area contributed by atoms with E-state index in [1.807, 2.05) is 19.2 Å². The van der Waals surface area contributed by atoms with Crippen LogP contribution in [0.25, 0.3) is 11.3 Å². The average Bonchev–Trinajstić information content (AvgIpc) is 3.13. The summed E-state index contributed by atoms with van der Waals surface area (Å²) in [6.07, 6.45) is 3.58. The number of fused-ring (bicyclic) bond motifs is 1. The monoisotopic (exact) mass is 351 g/mol. The van der Waals surface area contributed by atoms with Crippen LogP contribution in [0.3, 0.4) is 0 Å². The van der Waals surface area contributed by atoms with Gasteiger partial charge >= 0.3 is 0 Å². The van der Waals surface area contributed by atoms with Gasteiger partial charge in [-0.05, 0) is 43.4 Å². The van der Waals surface area contributed by atoms with Gasteiger partial charge in [-0.25, -0.2) is 4.98 Å². The molecule has 0 fully saturated rings. The molecule has 1 amide bonds. The second kappa shape index (κ2) is 7.43. The number of benzene rings is 1. The molecular formula is C17H22ClN3OS. The summed E-state index contributed by atoms with van der Waals surface area (Å²) in [5, 5.41) is 5.48. The summed E-state index contributed by atoms with van der Waals surface area (Å²) in [5.41, 5.74) is 10.7. The van der Waals surface area contributed by atoms with Crippen LogP contribution in [-0.4, -0.2) is 16.9 Å². The van der Waals surface area contributed by atoms with E-state index in [0.29, 0.717) is 5.13 Å². The van der Waals surface area contributed by atoms with Crippen molar-refractivity contribution in [1.29, 1.82) is 0 Å². The number of aromatic nitrogens is 1. The molecule has 0 aliphatic heterocycles. The number of halogens is 1. The predicted molar refractivity (Wildman–Crippen MR) is 98.3 cm³/mol. The molecule has 1 aromatic carbocycles. The van der Waals surface area contributed by atoms with Gasteiger partial charge < -0.3 is 11.1 Å². The number of rotatable bonds is 4. The lowest BCUT2D eigenvalue weighted by molar-refractivity contribution is -0.119. The first-order valence-corrected chi connectivity index (χ1v) is 8.56. The molecule has 4 nitrogen and oxygen atoms in total. The van der Waals surface area contributed by atoms with Crippen LogP contribution in [0.15, 0.2) is 23.6 Å². The summed E-state index contributed by atoms with van der Waals surface area (Å²) in [6, 6.07) is 6.38. The van der Waals surface area contributed by atoms with E-state index in [2.05, 4.69) is 28.5 Å². The summed E-state index contributed by atoms with van der Waals surface area (Å²) < 4.78 is 0. The van der Waals surface area contributed by atoms with E-state index < -0.39 is 0 Å². The topological polar surface area (TPSA) is 68.0 Å². The van der Waals surface area contributed by atoms with Gasteiger partial charge in [-0.15, -0.1) is 23.7 Å². The Kier molecular flexibility index (Phi) is 5.79. The van der Waals surface area contributed by atoms with Crippen LogP contribution >= 0.6 is 23.7 Å². The predicted octanol–water partition coefficient (Wildman–Crippen LogP) is 3.64. The third-order valence-electron chi connectivity index (χ3n) is 4.33. The number of carbonyl (C=O) groups excluding carboxylic acids is 1. The van der Waals surface area contributed by atoms with Crippen molar-refractivity contribution < 1.29 is 4.79 Å². The number of hydrogen-bond donors (Lipinski definition) is 2. The van der Waals surface area contributed by atoms with E-state index in [1.54, 1.807) is 0 Å². The Morgan fingerprint density at radius 2 is 2.04 bits per heavy atom. The minimum atomic E-state index is -0.229. The number of anilines is 1. The third-order valence-corrected chi connectivity index (χ3v) is 5.09. The quantitative estimate of drug-likeness (QED) is 0.883. The number of nitrogens with one attached hydrogen (secondary N) is 1. The van der Waals surface area contributed by atoms with Gasteiger partial charge in [0.1, 0.15) is 0 Å². The number of hydrogen-bond acceptors (Lipinski definition) is 4. The second-order valence-corrected chi connectivity index (χ2v) is 6.87. The summed E-state index contributed by atoms with van der Waals surface area (Å²) in [6.45, 7) is 3.66. The molecule has 1 aromatic heterocycles. The fraction of sp³-hybridized carbons (Fsp3) is 0.412. The summed E-state index contributed by atoms with van der Waals surface area (Å²) in [4.78, 5) is 16.6. The Morgan fingerprint density at radius 3 is 2.78 bits per heavy atom. The Morgan fingerprint density at radius 1 is 1.30 bits per heavy atom. The minimum absolute atomic E-state index is 0. The molecule has 1 aliphatic carbocycles. The van der Waals surface area contributed by atoms with Gasteiger partial charge in [-0.1, -0.05) is 19.1 Å². The summed E-state index contributed by atoms with van der Waals surface area (Å²) >= 11 is 1.45. The van der Waals surface area contributed by atoms with E-state index >= 15 is 0 Å². The highest BCUT2D eigenvalue weighted by molar-refractivity contribution is 7.14. The zero-order valence-electron chi connectivity index (χ0n) is 13.3. The van der Waals surface area contributed by atoms with Crippen molar-refractivity contribution in [2.45, 2.75) is 39.2 Å².